The number of amides is 1. The Morgan fingerprint density at radius 2 is 1.67 bits per heavy atom. The van der Waals surface area contributed by atoms with E-state index in [9.17, 15) is 23.1 Å². The predicted octanol–water partition coefficient (Wildman–Crippen LogP) is -0.757. The Kier molecular flexibility index (Phi) is 5.08. The summed E-state index contributed by atoms with van der Waals surface area (Å²) in [5.74, 6) is -2.02. The van der Waals surface area contributed by atoms with E-state index in [0.717, 1.165) is 0 Å². The van der Waals surface area contributed by atoms with E-state index >= 15 is 0 Å². The maximum absolute atomic E-state index is 12.0. The number of hydrogen-bond donors (Lipinski definition) is 2. The van der Waals surface area contributed by atoms with Gasteiger partial charge in [0.1, 0.15) is 0 Å². The van der Waals surface area contributed by atoms with Gasteiger partial charge in [0, 0.05) is 11.1 Å². The third kappa shape index (κ3) is 5.52. The van der Waals surface area contributed by atoms with Crippen LogP contribution in [0.5, 0.6) is 0 Å². The molecule has 0 unspecified atom stereocenters. The lowest BCUT2D eigenvalue weighted by Crippen LogP contribution is -2.40. The van der Waals surface area contributed by atoms with E-state index in [1.165, 1.54) is 24.3 Å². The minimum absolute atomic E-state index is 0.0221. The van der Waals surface area contributed by atoms with Crippen molar-refractivity contribution in [2.75, 3.05) is 6.54 Å². The maximum atomic E-state index is 12.0. The highest BCUT2D eigenvalue weighted by Gasteiger charge is 2.22. The van der Waals surface area contributed by atoms with Gasteiger partial charge in [0.2, 0.25) is 10.0 Å². The van der Waals surface area contributed by atoms with Crippen LogP contribution >= 0.6 is 0 Å². The van der Waals surface area contributed by atoms with Gasteiger partial charge >= 0.3 is 0 Å². The van der Waals surface area contributed by atoms with Gasteiger partial charge in [-0.05, 0) is 45.0 Å². The van der Waals surface area contributed by atoms with Crippen molar-refractivity contribution in [3.8, 4) is 0 Å². The van der Waals surface area contributed by atoms with Crippen LogP contribution in [0.3, 0.4) is 0 Å². The molecule has 116 valence electrons. The first-order chi connectivity index (χ1) is 9.51. The highest BCUT2D eigenvalue weighted by Crippen LogP contribution is 2.13. The fourth-order valence-corrected chi connectivity index (χ4v) is 2.92. The van der Waals surface area contributed by atoms with E-state index in [0.29, 0.717) is 0 Å². The molecule has 0 bridgehead atoms. The van der Waals surface area contributed by atoms with Gasteiger partial charge in [-0.2, -0.15) is 0 Å². The fraction of sp³-hybridized carbons (Fsp3) is 0.385. The second-order valence-electron chi connectivity index (χ2n) is 5.43. The van der Waals surface area contributed by atoms with Crippen LogP contribution < -0.4 is 15.1 Å². The zero-order valence-electron chi connectivity index (χ0n) is 12.0. The second kappa shape index (κ2) is 6.23. The summed E-state index contributed by atoms with van der Waals surface area (Å²) in [7, 11) is -3.67. The molecular weight excluding hydrogens is 296 g/mol. The zero-order valence-corrected chi connectivity index (χ0v) is 12.8. The van der Waals surface area contributed by atoms with Crippen molar-refractivity contribution in [2.45, 2.75) is 31.2 Å². The monoisotopic (exact) mass is 313 g/mol. The average molecular weight is 313 g/mol. The van der Waals surface area contributed by atoms with Crippen LogP contribution in [0.4, 0.5) is 0 Å². The average Bonchev–Trinajstić information content (AvgIpc) is 2.33. The van der Waals surface area contributed by atoms with Gasteiger partial charge in [-0.15, -0.1) is 0 Å². The Morgan fingerprint density at radius 1 is 1.14 bits per heavy atom. The van der Waals surface area contributed by atoms with Crippen molar-refractivity contribution in [3.05, 3.63) is 29.8 Å². The van der Waals surface area contributed by atoms with Crippen LogP contribution in [0, 0.1) is 0 Å². The molecule has 0 aliphatic carbocycles. The molecule has 0 heterocycles. The van der Waals surface area contributed by atoms with Crippen molar-refractivity contribution in [1.82, 2.24) is 10.0 Å². The molecule has 2 N–H and O–H groups in total. The smallest absolute Gasteiger partial charge is 0.251 e. The largest absolute Gasteiger partial charge is 0.548 e. The van der Waals surface area contributed by atoms with Crippen LogP contribution in [-0.2, 0) is 14.8 Å². The first kappa shape index (κ1) is 17.1. The van der Waals surface area contributed by atoms with Gasteiger partial charge in [-0.3, -0.25) is 4.79 Å². The summed E-state index contributed by atoms with van der Waals surface area (Å²) in [6.45, 7) is 4.54. The molecule has 0 fully saturated rings. The third-order valence-corrected chi connectivity index (χ3v) is 4.03. The Bertz CT molecular complexity index is 630. The number of hydrogen-bond acceptors (Lipinski definition) is 5. The topological polar surface area (TPSA) is 115 Å². The summed E-state index contributed by atoms with van der Waals surface area (Å²) < 4.78 is 26.6. The molecule has 21 heavy (non-hydrogen) atoms. The summed E-state index contributed by atoms with van der Waals surface area (Å²) in [5.41, 5.74) is -0.463. The van der Waals surface area contributed by atoms with Crippen LogP contribution in [-0.4, -0.2) is 32.4 Å². The maximum Gasteiger partial charge on any atom is 0.251 e. The molecule has 0 aliphatic rings. The van der Waals surface area contributed by atoms with E-state index in [-0.39, 0.29) is 10.5 Å². The highest BCUT2D eigenvalue weighted by atomic mass is 32.2. The molecule has 1 aromatic carbocycles. The lowest BCUT2D eigenvalue weighted by molar-refractivity contribution is -0.303. The molecular formula is C13H17N2O5S-. The Labute approximate surface area is 123 Å². The van der Waals surface area contributed by atoms with Gasteiger partial charge < -0.3 is 15.2 Å². The van der Waals surface area contributed by atoms with Crippen LogP contribution in [0.25, 0.3) is 0 Å². The van der Waals surface area contributed by atoms with Crippen LogP contribution in [0.1, 0.15) is 31.1 Å². The molecule has 1 amide bonds. The highest BCUT2D eigenvalue weighted by molar-refractivity contribution is 7.89. The van der Waals surface area contributed by atoms with Gasteiger partial charge in [-0.25, -0.2) is 13.1 Å². The zero-order chi connectivity index (χ0) is 16.3. The fourth-order valence-electron chi connectivity index (χ4n) is 1.50. The molecule has 1 rings (SSSR count). The number of sulfonamides is 1. The summed E-state index contributed by atoms with van der Waals surface area (Å²) in [4.78, 5) is 21.8. The molecule has 0 aliphatic heterocycles. The number of aliphatic carboxylic acids is 1. The van der Waals surface area contributed by atoms with Crippen molar-refractivity contribution in [1.29, 1.82) is 0 Å². The van der Waals surface area contributed by atoms with Crippen LogP contribution in [0.2, 0.25) is 0 Å². The van der Waals surface area contributed by atoms with Gasteiger partial charge in [0.15, 0.2) is 0 Å². The molecule has 0 aromatic heterocycles. The third-order valence-electron chi connectivity index (χ3n) is 2.26. The minimum Gasteiger partial charge on any atom is -0.548 e. The summed E-state index contributed by atoms with van der Waals surface area (Å²) in [5, 5.41) is 12.4. The SMILES string of the molecule is CC(C)(C)NS(=O)(=O)c1ccc(C(=O)NCC(=O)[O-])cc1. The lowest BCUT2D eigenvalue weighted by Gasteiger charge is -2.20. The first-order valence-electron chi connectivity index (χ1n) is 6.13. The van der Waals surface area contributed by atoms with E-state index < -0.39 is 34.0 Å². The molecule has 1 aromatic rings. The minimum atomic E-state index is -3.67. The number of nitrogens with one attached hydrogen (secondary N) is 2. The predicted molar refractivity (Wildman–Crippen MR) is 73.9 cm³/mol. The molecule has 8 heteroatoms. The van der Waals surface area contributed by atoms with Gasteiger partial charge in [0.25, 0.3) is 5.91 Å². The lowest BCUT2D eigenvalue weighted by atomic mass is 10.1. The summed E-state index contributed by atoms with van der Waals surface area (Å²) in [6, 6.07) is 5.17. The van der Waals surface area contributed by atoms with E-state index in [2.05, 4.69) is 10.0 Å². The van der Waals surface area contributed by atoms with E-state index in [4.69, 9.17) is 0 Å². The standard InChI is InChI=1S/C13H18N2O5S/c1-13(2,3)15-21(19,20)10-6-4-9(5-7-10)12(18)14-8-11(16)17/h4-7,15H,8H2,1-3H3,(H,14,18)(H,16,17)/p-1. The van der Waals surface area contributed by atoms with E-state index in [1.807, 2.05) is 0 Å². The van der Waals surface area contributed by atoms with Gasteiger partial charge in [-0.1, -0.05) is 0 Å². The van der Waals surface area contributed by atoms with Crippen molar-refractivity contribution < 1.29 is 23.1 Å². The number of benzene rings is 1. The number of carboxylic acid groups (broad SMARTS) is 1. The molecule has 0 spiro atoms. The van der Waals surface area contributed by atoms with E-state index in [1.54, 1.807) is 20.8 Å². The molecule has 7 nitrogen and oxygen atoms in total. The number of carbonyl (C=O) groups excluding carboxylic acids is 2. The molecule has 0 radical (unpaired) electrons. The Balaban J connectivity index is 2.87. The number of carbonyl (C=O) groups is 2. The summed E-state index contributed by atoms with van der Waals surface area (Å²) in [6.07, 6.45) is 0. The number of carboxylic acids is 1. The van der Waals surface area contributed by atoms with Crippen molar-refractivity contribution in [3.63, 3.8) is 0 Å². The Morgan fingerprint density at radius 3 is 2.10 bits per heavy atom. The number of rotatable bonds is 5. The Hall–Kier alpha value is -1.93. The quantitative estimate of drug-likeness (QED) is 0.741. The summed E-state index contributed by atoms with van der Waals surface area (Å²) >= 11 is 0. The molecule has 0 saturated heterocycles. The van der Waals surface area contributed by atoms with Crippen molar-refractivity contribution >= 4 is 21.9 Å². The second-order valence-corrected chi connectivity index (χ2v) is 7.12. The van der Waals surface area contributed by atoms with Crippen molar-refractivity contribution in [2.24, 2.45) is 0 Å². The molecule has 0 saturated carbocycles. The van der Waals surface area contributed by atoms with Crippen LogP contribution in [0.15, 0.2) is 29.2 Å². The molecule has 0 atom stereocenters. The van der Waals surface area contributed by atoms with Gasteiger partial charge in [0.05, 0.1) is 17.4 Å². The first-order valence-corrected chi connectivity index (χ1v) is 7.62. The normalized spacial score (nSPS) is 12.0.